The number of hydrogen-bond donors (Lipinski definition) is 1. The third kappa shape index (κ3) is 2.43. The largest absolute Gasteiger partial charge is 0.395 e. The maximum atomic E-state index is 5.05. The Balaban J connectivity index is 1.92. The second-order valence-electron chi connectivity index (χ2n) is 5.78. The highest BCUT2D eigenvalue weighted by Crippen LogP contribution is 2.28. The zero-order chi connectivity index (χ0) is 14.1. The molecule has 0 aliphatic carbocycles. The highest BCUT2D eigenvalue weighted by Gasteiger charge is 2.16. The number of aromatic amines is 1. The van der Waals surface area contributed by atoms with Crippen LogP contribution in [0.1, 0.15) is 24.1 Å². The molecule has 0 saturated carbocycles. The number of H-pyrrole nitrogens is 1. The van der Waals surface area contributed by atoms with Gasteiger partial charge in [-0.05, 0) is 50.7 Å². The molecule has 0 bridgehead atoms. The summed E-state index contributed by atoms with van der Waals surface area (Å²) in [5.41, 5.74) is 3.89. The van der Waals surface area contributed by atoms with Crippen molar-refractivity contribution in [1.82, 2.24) is 9.88 Å². The lowest BCUT2D eigenvalue weighted by molar-refractivity contribution is 0.154. The summed E-state index contributed by atoms with van der Waals surface area (Å²) >= 11 is 0. The lowest BCUT2D eigenvalue weighted by Gasteiger charge is -2.19. The van der Waals surface area contributed by atoms with E-state index in [9.17, 15) is 0 Å². The molecule has 2 heterocycles. The van der Waals surface area contributed by atoms with Gasteiger partial charge in [0.2, 0.25) is 0 Å². The van der Waals surface area contributed by atoms with E-state index >= 15 is 0 Å². The van der Waals surface area contributed by atoms with Crippen LogP contribution in [0.2, 0.25) is 0 Å². The van der Waals surface area contributed by atoms with Crippen LogP contribution in [-0.4, -0.2) is 36.8 Å². The lowest BCUT2D eigenvalue weighted by Crippen LogP contribution is -2.16. The molecule has 1 aromatic carbocycles. The predicted octanol–water partition coefficient (Wildman–Crippen LogP) is 2.97. The van der Waals surface area contributed by atoms with Gasteiger partial charge in [0, 0.05) is 29.1 Å². The monoisotopic (exact) mass is 271 g/mol. The Hall–Kier alpha value is -1.81. The van der Waals surface area contributed by atoms with Crippen molar-refractivity contribution in [3.8, 4) is 0 Å². The van der Waals surface area contributed by atoms with Gasteiger partial charge in [-0.2, -0.15) is 0 Å². The van der Waals surface area contributed by atoms with E-state index in [0.717, 1.165) is 6.42 Å². The molecule has 20 heavy (non-hydrogen) atoms. The normalized spacial score (nSPS) is 19.7. The number of nitrogens with one attached hydrogen (secondary N) is 1. The molecular formula is C16H21N3O. The molecule has 0 fully saturated rings. The zero-order valence-corrected chi connectivity index (χ0v) is 12.3. The summed E-state index contributed by atoms with van der Waals surface area (Å²) in [7, 11) is 4.22. The molecule has 4 heteroatoms. The van der Waals surface area contributed by atoms with Crippen molar-refractivity contribution in [2.75, 3.05) is 20.7 Å². The highest BCUT2D eigenvalue weighted by atomic mass is 16.6. The summed E-state index contributed by atoms with van der Waals surface area (Å²) in [5, 5.41) is 5.16. The first kappa shape index (κ1) is 13.2. The number of rotatable bonds is 4. The molecule has 0 radical (unpaired) electrons. The minimum absolute atomic E-state index is 0.398. The summed E-state index contributed by atoms with van der Waals surface area (Å²) in [4.78, 5) is 10.6. The first-order valence-corrected chi connectivity index (χ1v) is 7.07. The van der Waals surface area contributed by atoms with Gasteiger partial charge in [0.15, 0.2) is 0 Å². The summed E-state index contributed by atoms with van der Waals surface area (Å²) in [6.07, 6.45) is 5.02. The van der Waals surface area contributed by atoms with Gasteiger partial charge >= 0.3 is 0 Å². The molecule has 1 aromatic heterocycles. The molecule has 2 atom stereocenters. The number of nitrogens with zero attached hydrogens (tertiary/aromatic N) is 2. The number of aromatic nitrogens is 1. The Morgan fingerprint density at radius 1 is 1.45 bits per heavy atom. The quantitative estimate of drug-likeness (QED) is 0.928. The summed E-state index contributed by atoms with van der Waals surface area (Å²) in [5.74, 6) is 0.404. The van der Waals surface area contributed by atoms with Crippen LogP contribution in [0.25, 0.3) is 10.9 Å². The standard InChI is InChI=1S/C16H21N3O/c1-11(19(2)3)15-9-17-16-5-4-12(7-14(15)16)6-13-8-18-20-10-13/h4-5,7-9,11,13,17H,6,10H2,1-3H3/t11-,13-/m0/s1. The average Bonchev–Trinajstić information content (AvgIpc) is 3.06. The van der Waals surface area contributed by atoms with Gasteiger partial charge in [0.05, 0.1) is 6.21 Å². The Morgan fingerprint density at radius 2 is 2.30 bits per heavy atom. The fourth-order valence-electron chi connectivity index (χ4n) is 2.67. The van der Waals surface area contributed by atoms with Gasteiger partial charge in [-0.25, -0.2) is 0 Å². The van der Waals surface area contributed by atoms with Crippen LogP contribution in [0.3, 0.4) is 0 Å². The van der Waals surface area contributed by atoms with Crippen molar-refractivity contribution >= 4 is 17.1 Å². The van der Waals surface area contributed by atoms with E-state index in [2.05, 4.69) is 60.5 Å². The Bertz CT molecular complexity index is 630. The van der Waals surface area contributed by atoms with E-state index in [4.69, 9.17) is 4.84 Å². The zero-order valence-electron chi connectivity index (χ0n) is 12.3. The smallest absolute Gasteiger partial charge is 0.125 e. The lowest BCUT2D eigenvalue weighted by atomic mass is 9.98. The van der Waals surface area contributed by atoms with Crippen molar-refractivity contribution in [2.24, 2.45) is 11.1 Å². The maximum absolute atomic E-state index is 5.05. The van der Waals surface area contributed by atoms with Gasteiger partial charge < -0.3 is 14.7 Å². The number of oxime groups is 1. The number of hydrogen-bond acceptors (Lipinski definition) is 3. The maximum Gasteiger partial charge on any atom is 0.125 e. The molecule has 4 nitrogen and oxygen atoms in total. The molecule has 0 saturated heterocycles. The van der Waals surface area contributed by atoms with Crippen molar-refractivity contribution < 1.29 is 4.84 Å². The van der Waals surface area contributed by atoms with Crippen LogP contribution in [0.15, 0.2) is 29.6 Å². The van der Waals surface area contributed by atoms with E-state index < -0.39 is 0 Å². The van der Waals surface area contributed by atoms with Gasteiger partial charge in [-0.1, -0.05) is 11.2 Å². The summed E-state index contributed by atoms with van der Waals surface area (Å²) in [6, 6.07) is 7.06. The van der Waals surface area contributed by atoms with Crippen LogP contribution in [0.4, 0.5) is 0 Å². The van der Waals surface area contributed by atoms with Crippen molar-refractivity contribution in [3.05, 3.63) is 35.5 Å². The van der Waals surface area contributed by atoms with E-state index in [0.29, 0.717) is 18.6 Å². The summed E-state index contributed by atoms with van der Waals surface area (Å²) < 4.78 is 0. The molecule has 0 amide bonds. The molecule has 0 spiro atoms. The van der Waals surface area contributed by atoms with Crippen LogP contribution in [0, 0.1) is 5.92 Å². The fourth-order valence-corrected chi connectivity index (χ4v) is 2.67. The van der Waals surface area contributed by atoms with Crippen LogP contribution < -0.4 is 0 Å². The SMILES string of the molecule is C[C@@H](c1c[nH]c2ccc(C[C@H]3C=NOC3)cc12)N(C)C. The van der Waals surface area contributed by atoms with Crippen LogP contribution >= 0.6 is 0 Å². The molecular weight excluding hydrogens is 250 g/mol. The van der Waals surface area contributed by atoms with E-state index in [-0.39, 0.29) is 0 Å². The van der Waals surface area contributed by atoms with Crippen LogP contribution in [0.5, 0.6) is 0 Å². The summed E-state index contributed by atoms with van der Waals surface area (Å²) in [6.45, 7) is 2.93. The molecule has 1 aliphatic heterocycles. The number of benzene rings is 1. The fraction of sp³-hybridized carbons (Fsp3) is 0.438. The number of fused-ring (bicyclic) bond motifs is 1. The third-order valence-electron chi connectivity index (χ3n) is 4.14. The highest BCUT2D eigenvalue weighted by molar-refractivity contribution is 5.84. The topological polar surface area (TPSA) is 40.6 Å². The van der Waals surface area contributed by atoms with Gasteiger partial charge in [0.1, 0.15) is 6.61 Å². The van der Waals surface area contributed by atoms with Crippen molar-refractivity contribution in [3.63, 3.8) is 0 Å². The van der Waals surface area contributed by atoms with E-state index in [1.165, 1.54) is 22.0 Å². The van der Waals surface area contributed by atoms with E-state index in [1.807, 2.05) is 6.21 Å². The second-order valence-corrected chi connectivity index (χ2v) is 5.78. The van der Waals surface area contributed by atoms with Crippen LogP contribution in [-0.2, 0) is 11.3 Å². The second kappa shape index (κ2) is 5.29. The molecule has 106 valence electrons. The average molecular weight is 271 g/mol. The minimum Gasteiger partial charge on any atom is -0.395 e. The first-order valence-electron chi connectivity index (χ1n) is 7.07. The molecule has 1 N–H and O–H groups in total. The molecule has 0 unspecified atom stereocenters. The van der Waals surface area contributed by atoms with Gasteiger partial charge in [-0.15, -0.1) is 0 Å². The first-order chi connectivity index (χ1) is 9.65. The van der Waals surface area contributed by atoms with Gasteiger partial charge in [0.25, 0.3) is 0 Å². The third-order valence-corrected chi connectivity index (χ3v) is 4.14. The molecule has 1 aliphatic rings. The predicted molar refractivity (Wildman–Crippen MR) is 82.0 cm³/mol. The van der Waals surface area contributed by atoms with E-state index in [1.54, 1.807) is 0 Å². The molecule has 2 aromatic rings. The minimum atomic E-state index is 0.398. The Kier molecular flexibility index (Phi) is 3.49. The Labute approximate surface area is 119 Å². The van der Waals surface area contributed by atoms with Crippen molar-refractivity contribution in [1.29, 1.82) is 0 Å². The van der Waals surface area contributed by atoms with Crippen molar-refractivity contribution in [2.45, 2.75) is 19.4 Å². The van der Waals surface area contributed by atoms with Gasteiger partial charge in [-0.3, -0.25) is 0 Å². The molecule has 3 rings (SSSR count). The Morgan fingerprint density at radius 3 is 3.00 bits per heavy atom.